The zero-order valence-electron chi connectivity index (χ0n) is 14.5. The summed E-state index contributed by atoms with van der Waals surface area (Å²) in [6.45, 7) is 6.98. The SMILES string of the molecule is CCOCOc1ccccc1NC(=O)c1ccc(C(C)CC)cc1. The van der Waals surface area contributed by atoms with Crippen molar-refractivity contribution < 1.29 is 14.3 Å². The highest BCUT2D eigenvalue weighted by molar-refractivity contribution is 6.05. The maximum atomic E-state index is 12.4. The highest BCUT2D eigenvalue weighted by Gasteiger charge is 2.11. The standard InChI is InChI=1S/C20H25NO3/c1-4-15(3)16-10-12-17(13-11-16)20(22)21-18-8-6-7-9-19(18)24-14-23-5-2/h6-13,15H,4-5,14H2,1-3H3,(H,21,22). The first kappa shape index (κ1) is 18.0. The van der Waals surface area contributed by atoms with Gasteiger partial charge in [0.1, 0.15) is 5.75 Å². The summed E-state index contributed by atoms with van der Waals surface area (Å²) in [5.41, 5.74) is 2.50. The van der Waals surface area contributed by atoms with Gasteiger partial charge in [-0.1, -0.05) is 38.1 Å². The van der Waals surface area contributed by atoms with E-state index in [9.17, 15) is 4.79 Å². The summed E-state index contributed by atoms with van der Waals surface area (Å²) in [5, 5.41) is 2.90. The predicted molar refractivity (Wildman–Crippen MR) is 96.7 cm³/mol. The van der Waals surface area contributed by atoms with Crippen molar-refractivity contribution in [1.82, 2.24) is 0 Å². The summed E-state index contributed by atoms with van der Waals surface area (Å²) in [5.74, 6) is 0.934. The molecule has 4 nitrogen and oxygen atoms in total. The van der Waals surface area contributed by atoms with Gasteiger partial charge in [-0.15, -0.1) is 0 Å². The van der Waals surface area contributed by atoms with Crippen molar-refractivity contribution in [2.45, 2.75) is 33.1 Å². The van der Waals surface area contributed by atoms with Gasteiger partial charge in [-0.3, -0.25) is 4.79 Å². The third kappa shape index (κ3) is 4.83. The molecule has 0 saturated heterocycles. The largest absolute Gasteiger partial charge is 0.465 e. The molecular weight excluding hydrogens is 302 g/mol. The summed E-state index contributed by atoms with van der Waals surface area (Å²) in [6, 6.07) is 15.1. The third-order valence-corrected chi connectivity index (χ3v) is 3.99. The summed E-state index contributed by atoms with van der Waals surface area (Å²) < 4.78 is 10.7. The van der Waals surface area contributed by atoms with E-state index in [4.69, 9.17) is 9.47 Å². The number of rotatable bonds is 8. The Morgan fingerprint density at radius 1 is 1.08 bits per heavy atom. The number of hydrogen-bond acceptors (Lipinski definition) is 3. The molecular formula is C20H25NO3. The van der Waals surface area contributed by atoms with Crippen molar-refractivity contribution in [3.63, 3.8) is 0 Å². The quantitative estimate of drug-likeness (QED) is 0.558. The molecule has 0 bridgehead atoms. The lowest BCUT2D eigenvalue weighted by molar-refractivity contribution is 0.0228. The molecule has 2 aromatic carbocycles. The first-order valence-corrected chi connectivity index (χ1v) is 8.36. The molecule has 1 unspecified atom stereocenters. The fraction of sp³-hybridized carbons (Fsp3) is 0.350. The van der Waals surface area contributed by atoms with E-state index in [0.717, 1.165) is 6.42 Å². The summed E-state index contributed by atoms with van der Waals surface area (Å²) in [6.07, 6.45) is 1.08. The molecule has 128 valence electrons. The van der Waals surface area contributed by atoms with Crippen LogP contribution in [-0.4, -0.2) is 19.3 Å². The minimum atomic E-state index is -0.154. The van der Waals surface area contributed by atoms with E-state index in [1.54, 1.807) is 6.07 Å². The van der Waals surface area contributed by atoms with Crippen LogP contribution in [0, 0.1) is 0 Å². The second kappa shape index (κ2) is 9.08. The second-order valence-electron chi connectivity index (χ2n) is 5.64. The van der Waals surface area contributed by atoms with Gasteiger partial charge in [0.15, 0.2) is 6.79 Å². The Hall–Kier alpha value is -2.33. The first-order valence-electron chi connectivity index (χ1n) is 8.36. The smallest absolute Gasteiger partial charge is 0.255 e. The zero-order chi connectivity index (χ0) is 17.4. The van der Waals surface area contributed by atoms with Crippen LogP contribution in [0.5, 0.6) is 5.75 Å². The zero-order valence-corrected chi connectivity index (χ0v) is 14.5. The fourth-order valence-electron chi connectivity index (χ4n) is 2.28. The third-order valence-electron chi connectivity index (χ3n) is 3.99. The Labute approximate surface area is 143 Å². The Bertz CT molecular complexity index is 652. The first-order chi connectivity index (χ1) is 11.7. The van der Waals surface area contributed by atoms with Crippen molar-refractivity contribution in [2.24, 2.45) is 0 Å². The fourth-order valence-corrected chi connectivity index (χ4v) is 2.28. The average molecular weight is 327 g/mol. The molecule has 0 spiro atoms. The molecule has 2 aromatic rings. The molecule has 0 aromatic heterocycles. The Kier molecular flexibility index (Phi) is 6.82. The highest BCUT2D eigenvalue weighted by atomic mass is 16.7. The van der Waals surface area contributed by atoms with Crippen LogP contribution < -0.4 is 10.1 Å². The van der Waals surface area contributed by atoms with Crippen LogP contribution in [0.1, 0.15) is 49.0 Å². The Morgan fingerprint density at radius 2 is 1.79 bits per heavy atom. The average Bonchev–Trinajstić information content (AvgIpc) is 2.62. The van der Waals surface area contributed by atoms with Crippen molar-refractivity contribution in [1.29, 1.82) is 0 Å². The molecule has 1 atom stereocenters. The normalized spacial score (nSPS) is 11.8. The van der Waals surface area contributed by atoms with Crippen LogP contribution in [0.15, 0.2) is 48.5 Å². The minimum absolute atomic E-state index is 0.154. The van der Waals surface area contributed by atoms with Crippen LogP contribution in [0.25, 0.3) is 0 Å². The van der Waals surface area contributed by atoms with E-state index in [1.807, 2.05) is 49.4 Å². The molecule has 0 aliphatic carbocycles. The summed E-state index contributed by atoms with van der Waals surface area (Å²) in [4.78, 5) is 12.4. The number of hydrogen-bond donors (Lipinski definition) is 1. The predicted octanol–water partition coefficient (Wildman–Crippen LogP) is 4.83. The Balaban J connectivity index is 2.06. The molecule has 0 aliphatic rings. The van der Waals surface area contributed by atoms with E-state index in [-0.39, 0.29) is 12.7 Å². The topological polar surface area (TPSA) is 47.6 Å². The minimum Gasteiger partial charge on any atom is -0.465 e. The number of nitrogens with one attached hydrogen (secondary N) is 1. The van der Waals surface area contributed by atoms with Gasteiger partial charge in [0, 0.05) is 12.2 Å². The number of benzene rings is 2. The van der Waals surface area contributed by atoms with Gasteiger partial charge in [-0.25, -0.2) is 0 Å². The molecule has 1 N–H and O–H groups in total. The number of ether oxygens (including phenoxy) is 2. The van der Waals surface area contributed by atoms with Gasteiger partial charge in [0.05, 0.1) is 5.69 Å². The highest BCUT2D eigenvalue weighted by Crippen LogP contribution is 2.25. The lowest BCUT2D eigenvalue weighted by Crippen LogP contribution is -2.13. The van der Waals surface area contributed by atoms with E-state index in [0.29, 0.717) is 29.5 Å². The summed E-state index contributed by atoms with van der Waals surface area (Å²) in [7, 11) is 0. The van der Waals surface area contributed by atoms with E-state index < -0.39 is 0 Å². The summed E-state index contributed by atoms with van der Waals surface area (Å²) >= 11 is 0. The monoisotopic (exact) mass is 327 g/mol. The Morgan fingerprint density at radius 3 is 2.46 bits per heavy atom. The maximum absolute atomic E-state index is 12.4. The molecule has 0 radical (unpaired) electrons. The van der Waals surface area contributed by atoms with Crippen LogP contribution in [0.2, 0.25) is 0 Å². The van der Waals surface area contributed by atoms with Crippen LogP contribution in [0.3, 0.4) is 0 Å². The number of carbonyl (C=O) groups excluding carboxylic acids is 1. The van der Waals surface area contributed by atoms with Gasteiger partial charge in [-0.2, -0.15) is 0 Å². The van der Waals surface area contributed by atoms with Gasteiger partial charge < -0.3 is 14.8 Å². The molecule has 24 heavy (non-hydrogen) atoms. The second-order valence-corrected chi connectivity index (χ2v) is 5.64. The molecule has 2 rings (SSSR count). The van der Waals surface area contributed by atoms with Crippen molar-refractivity contribution in [3.8, 4) is 5.75 Å². The van der Waals surface area contributed by atoms with Crippen molar-refractivity contribution >= 4 is 11.6 Å². The van der Waals surface area contributed by atoms with Gasteiger partial charge in [-0.05, 0) is 49.1 Å². The van der Waals surface area contributed by atoms with Crippen LogP contribution in [0.4, 0.5) is 5.69 Å². The molecule has 4 heteroatoms. The van der Waals surface area contributed by atoms with Crippen LogP contribution >= 0.6 is 0 Å². The molecule has 1 amide bonds. The maximum Gasteiger partial charge on any atom is 0.255 e. The lowest BCUT2D eigenvalue weighted by atomic mass is 9.97. The van der Waals surface area contributed by atoms with E-state index >= 15 is 0 Å². The number of carbonyl (C=O) groups is 1. The number of amides is 1. The van der Waals surface area contributed by atoms with Crippen molar-refractivity contribution in [2.75, 3.05) is 18.7 Å². The molecule has 0 heterocycles. The molecule has 0 aliphatic heterocycles. The molecule has 0 saturated carbocycles. The van der Waals surface area contributed by atoms with E-state index in [1.165, 1.54) is 5.56 Å². The van der Waals surface area contributed by atoms with E-state index in [2.05, 4.69) is 19.2 Å². The molecule has 0 fully saturated rings. The lowest BCUT2D eigenvalue weighted by Gasteiger charge is -2.13. The number of para-hydroxylation sites is 2. The van der Waals surface area contributed by atoms with Gasteiger partial charge in [0.2, 0.25) is 0 Å². The van der Waals surface area contributed by atoms with Gasteiger partial charge in [0.25, 0.3) is 5.91 Å². The van der Waals surface area contributed by atoms with Crippen LogP contribution in [-0.2, 0) is 4.74 Å². The number of anilines is 1. The van der Waals surface area contributed by atoms with Gasteiger partial charge >= 0.3 is 0 Å². The van der Waals surface area contributed by atoms with Crippen molar-refractivity contribution in [3.05, 3.63) is 59.7 Å².